The van der Waals surface area contributed by atoms with E-state index in [4.69, 9.17) is 5.26 Å². The first-order chi connectivity index (χ1) is 9.19. The predicted octanol–water partition coefficient (Wildman–Crippen LogP) is 2.50. The number of amides is 2. The van der Waals surface area contributed by atoms with Gasteiger partial charge in [0.2, 0.25) is 0 Å². The molecule has 0 spiro atoms. The van der Waals surface area contributed by atoms with Crippen molar-refractivity contribution in [3.8, 4) is 6.07 Å². The van der Waals surface area contributed by atoms with Crippen molar-refractivity contribution in [2.45, 2.75) is 26.3 Å². The van der Waals surface area contributed by atoms with E-state index in [0.717, 1.165) is 25.1 Å². The number of urea groups is 1. The average Bonchev–Trinajstić information content (AvgIpc) is 2.45. The lowest BCUT2D eigenvalue weighted by Gasteiger charge is -2.30. The van der Waals surface area contributed by atoms with Crippen LogP contribution in [-0.4, -0.2) is 24.0 Å². The van der Waals surface area contributed by atoms with Gasteiger partial charge in [0.25, 0.3) is 0 Å². The molecule has 19 heavy (non-hydrogen) atoms. The quantitative estimate of drug-likeness (QED) is 0.885. The number of nitriles is 1. The first-order valence-electron chi connectivity index (χ1n) is 6.71. The molecule has 1 saturated heterocycles. The van der Waals surface area contributed by atoms with Crippen LogP contribution in [0.5, 0.6) is 0 Å². The molecule has 1 aromatic rings. The number of rotatable bonds is 2. The molecule has 1 N–H and O–H groups in total. The van der Waals surface area contributed by atoms with Crippen LogP contribution in [0.15, 0.2) is 24.3 Å². The Morgan fingerprint density at radius 1 is 1.58 bits per heavy atom. The van der Waals surface area contributed by atoms with Crippen LogP contribution in [0.25, 0.3) is 0 Å². The van der Waals surface area contributed by atoms with Gasteiger partial charge >= 0.3 is 6.03 Å². The van der Waals surface area contributed by atoms with Gasteiger partial charge in [-0.05, 0) is 36.5 Å². The molecule has 1 aliphatic rings. The number of likely N-dealkylation sites (tertiary alicyclic amines) is 1. The number of carbonyl (C=O) groups excluding carboxylic acids is 1. The minimum absolute atomic E-state index is 0.00564. The lowest BCUT2D eigenvalue weighted by atomic mass is 10.0. The Bertz CT molecular complexity index is 492. The summed E-state index contributed by atoms with van der Waals surface area (Å²) in [5.74, 6) is 0.585. The van der Waals surface area contributed by atoms with Crippen LogP contribution in [0.2, 0.25) is 0 Å². The van der Waals surface area contributed by atoms with Crippen molar-refractivity contribution in [3.63, 3.8) is 0 Å². The van der Waals surface area contributed by atoms with Gasteiger partial charge in [-0.2, -0.15) is 5.26 Å². The van der Waals surface area contributed by atoms with E-state index in [9.17, 15) is 4.79 Å². The first kappa shape index (κ1) is 13.4. The molecule has 2 rings (SSSR count). The standard InChI is InChI=1S/C15H19N3O/c1-12-4-3-7-18(11-12)15(19)17-10-14-6-2-5-13(8-14)9-16/h2,5-6,8,12H,3-4,7,10-11H2,1H3,(H,17,19). The maximum Gasteiger partial charge on any atom is 0.317 e. The summed E-state index contributed by atoms with van der Waals surface area (Å²) in [6.07, 6.45) is 2.28. The van der Waals surface area contributed by atoms with Crippen LogP contribution in [0, 0.1) is 17.2 Å². The molecule has 4 nitrogen and oxygen atoms in total. The lowest BCUT2D eigenvalue weighted by Crippen LogP contribution is -2.44. The Hall–Kier alpha value is -2.02. The number of benzene rings is 1. The van der Waals surface area contributed by atoms with Crippen LogP contribution in [0.4, 0.5) is 4.79 Å². The third-order valence-corrected chi connectivity index (χ3v) is 3.44. The molecule has 1 fully saturated rings. The maximum atomic E-state index is 12.0. The summed E-state index contributed by atoms with van der Waals surface area (Å²) in [6, 6.07) is 9.41. The predicted molar refractivity (Wildman–Crippen MR) is 73.4 cm³/mol. The fraction of sp³-hybridized carbons (Fsp3) is 0.467. The second-order valence-corrected chi connectivity index (χ2v) is 5.16. The molecule has 0 bridgehead atoms. The highest BCUT2D eigenvalue weighted by Crippen LogP contribution is 2.15. The van der Waals surface area contributed by atoms with Crippen molar-refractivity contribution >= 4 is 6.03 Å². The Kier molecular flexibility index (Phi) is 4.40. The van der Waals surface area contributed by atoms with Crippen LogP contribution >= 0.6 is 0 Å². The largest absolute Gasteiger partial charge is 0.334 e. The minimum Gasteiger partial charge on any atom is -0.334 e. The number of hydrogen-bond donors (Lipinski definition) is 1. The van der Waals surface area contributed by atoms with Gasteiger partial charge in [0.15, 0.2) is 0 Å². The molecule has 0 aliphatic carbocycles. The van der Waals surface area contributed by atoms with Crippen molar-refractivity contribution in [2.24, 2.45) is 5.92 Å². The molecular weight excluding hydrogens is 238 g/mol. The van der Waals surface area contributed by atoms with Crippen molar-refractivity contribution < 1.29 is 4.79 Å². The SMILES string of the molecule is CC1CCCN(C(=O)NCc2cccc(C#N)c2)C1. The van der Waals surface area contributed by atoms with Crippen LogP contribution < -0.4 is 5.32 Å². The molecule has 1 aliphatic heterocycles. The van der Waals surface area contributed by atoms with Gasteiger partial charge in [0, 0.05) is 19.6 Å². The van der Waals surface area contributed by atoms with Crippen molar-refractivity contribution in [2.75, 3.05) is 13.1 Å². The molecule has 1 atom stereocenters. The molecular formula is C15H19N3O. The molecule has 100 valence electrons. The first-order valence-corrected chi connectivity index (χ1v) is 6.71. The zero-order valence-corrected chi connectivity index (χ0v) is 11.2. The summed E-state index contributed by atoms with van der Waals surface area (Å²) in [7, 11) is 0. The topological polar surface area (TPSA) is 56.1 Å². The lowest BCUT2D eigenvalue weighted by molar-refractivity contribution is 0.169. The number of nitrogens with zero attached hydrogens (tertiary/aromatic N) is 2. The zero-order chi connectivity index (χ0) is 13.7. The van der Waals surface area contributed by atoms with E-state index >= 15 is 0 Å². The fourth-order valence-corrected chi connectivity index (χ4v) is 2.41. The summed E-state index contributed by atoms with van der Waals surface area (Å²) in [5, 5.41) is 11.7. The number of carbonyl (C=O) groups is 1. The van der Waals surface area contributed by atoms with Crippen LogP contribution in [0.3, 0.4) is 0 Å². The van der Waals surface area contributed by atoms with Crippen LogP contribution in [-0.2, 0) is 6.54 Å². The third kappa shape index (κ3) is 3.72. The Morgan fingerprint density at radius 2 is 2.42 bits per heavy atom. The van der Waals surface area contributed by atoms with E-state index in [1.54, 1.807) is 12.1 Å². The van der Waals surface area contributed by atoms with Gasteiger partial charge < -0.3 is 10.2 Å². The Morgan fingerprint density at radius 3 is 3.16 bits per heavy atom. The number of piperidine rings is 1. The molecule has 0 aromatic heterocycles. The Balaban J connectivity index is 1.87. The third-order valence-electron chi connectivity index (χ3n) is 3.44. The highest BCUT2D eigenvalue weighted by atomic mass is 16.2. The van der Waals surface area contributed by atoms with Gasteiger partial charge in [0.1, 0.15) is 0 Å². The highest BCUT2D eigenvalue weighted by molar-refractivity contribution is 5.74. The van der Waals surface area contributed by atoms with E-state index in [0.29, 0.717) is 18.0 Å². The monoisotopic (exact) mass is 257 g/mol. The van der Waals surface area contributed by atoms with E-state index in [1.165, 1.54) is 6.42 Å². The summed E-state index contributed by atoms with van der Waals surface area (Å²) in [6.45, 7) is 4.33. The molecule has 1 heterocycles. The minimum atomic E-state index is -0.00564. The summed E-state index contributed by atoms with van der Waals surface area (Å²) >= 11 is 0. The molecule has 2 amide bonds. The van der Waals surface area contributed by atoms with Crippen molar-refractivity contribution in [1.29, 1.82) is 5.26 Å². The van der Waals surface area contributed by atoms with Crippen molar-refractivity contribution in [1.82, 2.24) is 10.2 Å². The molecule has 1 aromatic carbocycles. The van der Waals surface area contributed by atoms with Gasteiger partial charge in [-0.25, -0.2) is 4.79 Å². The van der Waals surface area contributed by atoms with E-state index in [2.05, 4.69) is 18.3 Å². The molecule has 0 radical (unpaired) electrons. The van der Waals surface area contributed by atoms with E-state index in [1.807, 2.05) is 17.0 Å². The second-order valence-electron chi connectivity index (χ2n) is 5.16. The smallest absolute Gasteiger partial charge is 0.317 e. The summed E-state index contributed by atoms with van der Waals surface area (Å²) in [5.41, 5.74) is 1.58. The van der Waals surface area contributed by atoms with Gasteiger partial charge in [-0.3, -0.25) is 0 Å². The Labute approximate surface area is 114 Å². The van der Waals surface area contributed by atoms with Gasteiger partial charge in [-0.15, -0.1) is 0 Å². The van der Waals surface area contributed by atoms with Crippen LogP contribution in [0.1, 0.15) is 30.9 Å². The van der Waals surface area contributed by atoms with Gasteiger partial charge in [-0.1, -0.05) is 19.1 Å². The van der Waals surface area contributed by atoms with E-state index < -0.39 is 0 Å². The highest BCUT2D eigenvalue weighted by Gasteiger charge is 2.20. The normalized spacial score (nSPS) is 18.7. The number of hydrogen-bond acceptors (Lipinski definition) is 2. The molecule has 0 saturated carbocycles. The summed E-state index contributed by atoms with van der Waals surface area (Å²) in [4.78, 5) is 13.9. The van der Waals surface area contributed by atoms with Gasteiger partial charge in [0.05, 0.1) is 11.6 Å². The van der Waals surface area contributed by atoms with E-state index in [-0.39, 0.29) is 6.03 Å². The fourth-order valence-electron chi connectivity index (χ4n) is 2.41. The maximum absolute atomic E-state index is 12.0. The van der Waals surface area contributed by atoms with Crippen molar-refractivity contribution in [3.05, 3.63) is 35.4 Å². The molecule has 1 unspecified atom stereocenters. The molecule has 4 heteroatoms. The average molecular weight is 257 g/mol. The second kappa shape index (κ2) is 6.24. The number of nitrogens with one attached hydrogen (secondary N) is 1. The summed E-state index contributed by atoms with van der Waals surface area (Å²) < 4.78 is 0. The zero-order valence-electron chi connectivity index (χ0n) is 11.2.